The zero-order valence-corrected chi connectivity index (χ0v) is 11.7. The van der Waals surface area contributed by atoms with Crippen LogP contribution in [0.15, 0.2) is 35.0 Å². The molecule has 92 valence electrons. The molecule has 1 aromatic carbocycles. The van der Waals surface area contributed by atoms with E-state index in [0.717, 1.165) is 17.1 Å². The predicted octanol–water partition coefficient (Wildman–Crippen LogP) is 3.91. The average Bonchev–Trinajstić information content (AvgIpc) is 2.95. The molecule has 0 radical (unpaired) electrons. The molecule has 0 saturated heterocycles. The van der Waals surface area contributed by atoms with Crippen LogP contribution in [0.1, 0.15) is 22.3 Å². The Morgan fingerprint density at radius 1 is 1.22 bits per heavy atom. The molecule has 2 aromatic heterocycles. The first-order valence-electron chi connectivity index (χ1n) is 5.87. The minimum Gasteiger partial charge on any atom is -0.324 e. The third-order valence-electron chi connectivity index (χ3n) is 2.97. The highest BCUT2D eigenvalue weighted by Crippen LogP contribution is 2.31. The number of hydrogen-bond donors (Lipinski definition) is 1. The van der Waals surface area contributed by atoms with Gasteiger partial charge < -0.3 is 5.73 Å². The quantitative estimate of drug-likeness (QED) is 0.786. The van der Waals surface area contributed by atoms with E-state index in [1.807, 2.05) is 6.92 Å². The van der Waals surface area contributed by atoms with Crippen molar-refractivity contribution in [2.75, 3.05) is 0 Å². The molecule has 0 aliphatic rings. The van der Waals surface area contributed by atoms with E-state index in [0.29, 0.717) is 0 Å². The second kappa shape index (κ2) is 4.80. The first-order valence-corrected chi connectivity index (χ1v) is 7.62. The van der Waals surface area contributed by atoms with Gasteiger partial charge in [0.2, 0.25) is 0 Å². The van der Waals surface area contributed by atoms with Crippen LogP contribution in [-0.4, -0.2) is 4.98 Å². The number of aromatic nitrogens is 1. The predicted molar refractivity (Wildman–Crippen MR) is 79.3 cm³/mol. The molecule has 3 rings (SSSR count). The van der Waals surface area contributed by atoms with Crippen LogP contribution in [0.5, 0.6) is 0 Å². The lowest BCUT2D eigenvalue weighted by Gasteiger charge is -2.08. The van der Waals surface area contributed by atoms with Crippen LogP contribution in [0.2, 0.25) is 0 Å². The minimum absolute atomic E-state index is 0.0340. The maximum absolute atomic E-state index is 6.32. The molecule has 2 N–H and O–H groups in total. The lowest BCUT2D eigenvalue weighted by atomic mass is 10.0. The lowest BCUT2D eigenvalue weighted by Crippen LogP contribution is -2.12. The van der Waals surface area contributed by atoms with E-state index in [1.165, 1.54) is 15.6 Å². The Labute approximate surface area is 114 Å². The summed E-state index contributed by atoms with van der Waals surface area (Å²) in [5.41, 5.74) is 8.64. The zero-order valence-electron chi connectivity index (χ0n) is 10.1. The fourth-order valence-corrected chi connectivity index (χ4v) is 3.94. The monoisotopic (exact) mass is 274 g/mol. The maximum atomic E-state index is 6.32. The van der Waals surface area contributed by atoms with Gasteiger partial charge in [-0.3, -0.25) is 0 Å². The Balaban J connectivity index is 1.90. The molecule has 0 saturated carbocycles. The molecule has 0 fully saturated rings. The number of thiophene rings is 1. The summed E-state index contributed by atoms with van der Waals surface area (Å²) in [6, 6.07) is 8.46. The smallest absolute Gasteiger partial charge is 0.0947 e. The normalized spacial score (nSPS) is 13.0. The highest BCUT2D eigenvalue weighted by molar-refractivity contribution is 7.17. The second-order valence-corrected chi connectivity index (χ2v) is 6.23. The van der Waals surface area contributed by atoms with E-state index in [4.69, 9.17) is 5.73 Å². The molecule has 1 unspecified atom stereocenters. The summed E-state index contributed by atoms with van der Waals surface area (Å²) >= 11 is 3.45. The van der Waals surface area contributed by atoms with E-state index < -0.39 is 0 Å². The van der Waals surface area contributed by atoms with Crippen LogP contribution >= 0.6 is 22.7 Å². The van der Waals surface area contributed by atoms with Crippen LogP contribution in [0.25, 0.3) is 10.1 Å². The van der Waals surface area contributed by atoms with Crippen molar-refractivity contribution in [1.29, 1.82) is 0 Å². The van der Waals surface area contributed by atoms with E-state index >= 15 is 0 Å². The molecule has 2 heterocycles. The van der Waals surface area contributed by atoms with Crippen LogP contribution in [0.3, 0.4) is 0 Å². The molecule has 3 aromatic rings. The summed E-state index contributed by atoms with van der Waals surface area (Å²) in [6.07, 6.45) is 0.819. The number of aryl methyl sites for hydroxylation is 1. The molecular weight excluding hydrogens is 260 g/mol. The molecule has 4 heteroatoms. The third kappa shape index (κ3) is 2.19. The molecule has 1 atom stereocenters. The lowest BCUT2D eigenvalue weighted by molar-refractivity contribution is 0.725. The van der Waals surface area contributed by atoms with Gasteiger partial charge in [-0.2, -0.15) is 0 Å². The third-order valence-corrected chi connectivity index (χ3v) is 4.94. The van der Waals surface area contributed by atoms with Gasteiger partial charge in [-0.05, 0) is 29.3 Å². The second-order valence-electron chi connectivity index (χ2n) is 4.38. The summed E-state index contributed by atoms with van der Waals surface area (Å²) in [5, 5.41) is 6.65. The Morgan fingerprint density at radius 2 is 2.06 bits per heavy atom. The fourth-order valence-electron chi connectivity index (χ4n) is 2.08. The van der Waals surface area contributed by atoms with E-state index in [9.17, 15) is 0 Å². The SMILES string of the molecule is Cc1csc(CC(N)c2csc3ccccc23)n1. The largest absolute Gasteiger partial charge is 0.324 e. The number of benzene rings is 1. The molecule has 2 nitrogen and oxygen atoms in total. The van der Waals surface area contributed by atoms with Crippen molar-refractivity contribution < 1.29 is 0 Å². The van der Waals surface area contributed by atoms with Gasteiger partial charge in [-0.25, -0.2) is 4.98 Å². The van der Waals surface area contributed by atoms with Gasteiger partial charge in [0.1, 0.15) is 0 Å². The molecular formula is C14H14N2S2. The van der Waals surface area contributed by atoms with Gasteiger partial charge in [0, 0.05) is 28.2 Å². The highest BCUT2D eigenvalue weighted by atomic mass is 32.1. The van der Waals surface area contributed by atoms with Gasteiger partial charge in [-0.1, -0.05) is 18.2 Å². The first-order chi connectivity index (χ1) is 8.74. The molecule has 0 amide bonds. The summed E-state index contributed by atoms with van der Waals surface area (Å²) in [4.78, 5) is 4.48. The molecule has 0 bridgehead atoms. The van der Waals surface area contributed by atoms with Crippen LogP contribution in [-0.2, 0) is 6.42 Å². The summed E-state index contributed by atoms with van der Waals surface area (Å²) < 4.78 is 1.30. The van der Waals surface area contributed by atoms with E-state index in [2.05, 4.69) is 40.0 Å². The number of nitrogens with two attached hydrogens (primary N) is 1. The van der Waals surface area contributed by atoms with Crippen molar-refractivity contribution in [2.24, 2.45) is 5.73 Å². The van der Waals surface area contributed by atoms with Crippen molar-refractivity contribution >= 4 is 32.8 Å². The van der Waals surface area contributed by atoms with Gasteiger partial charge >= 0.3 is 0 Å². The number of nitrogens with zero attached hydrogens (tertiary/aromatic N) is 1. The van der Waals surface area contributed by atoms with Gasteiger partial charge in [0.15, 0.2) is 0 Å². The van der Waals surface area contributed by atoms with Crippen molar-refractivity contribution in [3.8, 4) is 0 Å². The molecule has 0 aliphatic carbocycles. The Hall–Kier alpha value is -1.23. The van der Waals surface area contributed by atoms with Crippen molar-refractivity contribution in [3.63, 3.8) is 0 Å². The Morgan fingerprint density at radius 3 is 2.83 bits per heavy atom. The van der Waals surface area contributed by atoms with Crippen molar-refractivity contribution in [1.82, 2.24) is 4.98 Å². The topological polar surface area (TPSA) is 38.9 Å². The average molecular weight is 274 g/mol. The maximum Gasteiger partial charge on any atom is 0.0947 e. The van der Waals surface area contributed by atoms with Crippen LogP contribution < -0.4 is 5.73 Å². The highest BCUT2D eigenvalue weighted by Gasteiger charge is 2.13. The summed E-state index contributed by atoms with van der Waals surface area (Å²) in [7, 11) is 0. The van der Waals surface area contributed by atoms with Crippen molar-refractivity contribution in [2.45, 2.75) is 19.4 Å². The molecule has 0 spiro atoms. The van der Waals surface area contributed by atoms with E-state index in [-0.39, 0.29) is 6.04 Å². The summed E-state index contributed by atoms with van der Waals surface area (Å²) in [5.74, 6) is 0. The first kappa shape index (κ1) is 11.8. The number of rotatable bonds is 3. The van der Waals surface area contributed by atoms with Gasteiger partial charge in [0.05, 0.1) is 5.01 Å². The standard InChI is InChI=1S/C14H14N2S2/c1-9-7-18-14(16-9)6-12(15)11-8-17-13-5-3-2-4-10(11)13/h2-5,7-8,12H,6,15H2,1H3. The Bertz CT molecular complexity index is 669. The fraction of sp³-hybridized carbons (Fsp3) is 0.214. The van der Waals surface area contributed by atoms with Crippen molar-refractivity contribution in [3.05, 3.63) is 51.3 Å². The van der Waals surface area contributed by atoms with Crippen LogP contribution in [0, 0.1) is 6.92 Å². The van der Waals surface area contributed by atoms with Gasteiger partial charge in [0.25, 0.3) is 0 Å². The molecule has 0 aliphatic heterocycles. The minimum atomic E-state index is 0.0340. The van der Waals surface area contributed by atoms with Crippen LogP contribution in [0.4, 0.5) is 0 Å². The van der Waals surface area contributed by atoms with E-state index in [1.54, 1.807) is 22.7 Å². The number of thiazole rings is 1. The van der Waals surface area contributed by atoms with Gasteiger partial charge in [-0.15, -0.1) is 22.7 Å². The number of fused-ring (bicyclic) bond motifs is 1. The number of hydrogen-bond acceptors (Lipinski definition) is 4. The molecule has 18 heavy (non-hydrogen) atoms. The summed E-state index contributed by atoms with van der Waals surface area (Å²) in [6.45, 7) is 2.02. The zero-order chi connectivity index (χ0) is 12.5. The Kier molecular flexibility index (Phi) is 3.16.